The van der Waals surface area contributed by atoms with Crippen molar-refractivity contribution in [2.45, 2.75) is 6.92 Å². The number of hydrogen-bond donors (Lipinski definition) is 1. The van der Waals surface area contributed by atoms with Crippen molar-refractivity contribution in [1.82, 2.24) is 5.32 Å². The quantitative estimate of drug-likeness (QED) is 0.451. The van der Waals surface area contributed by atoms with E-state index < -0.39 is 11.8 Å². The average molecular weight is 426 g/mol. The molecule has 0 radical (unpaired) electrons. The molecule has 1 aromatic heterocycles. The summed E-state index contributed by atoms with van der Waals surface area (Å²) in [6.07, 6.45) is 1.37. The van der Waals surface area contributed by atoms with Crippen molar-refractivity contribution in [2.75, 3.05) is 4.90 Å². The first-order valence-corrected chi connectivity index (χ1v) is 8.37. The molecule has 1 aromatic carbocycles. The molecule has 8 heteroatoms. The molecule has 0 atom stereocenters. The lowest BCUT2D eigenvalue weighted by Gasteiger charge is -2.29. The molecule has 0 bridgehead atoms. The summed E-state index contributed by atoms with van der Waals surface area (Å²) >= 11 is 14.4. The van der Waals surface area contributed by atoms with E-state index in [4.69, 9.17) is 28.2 Å². The smallest absolute Gasteiger partial charge is 0.270 e. The molecule has 0 spiro atoms. The number of thiocarbonyl (C=S) groups is 1. The van der Waals surface area contributed by atoms with Crippen LogP contribution in [0.3, 0.4) is 0 Å². The number of nitrogens with zero attached hydrogens (tertiary/aromatic N) is 1. The van der Waals surface area contributed by atoms with Crippen LogP contribution < -0.4 is 10.2 Å². The fourth-order valence-corrected chi connectivity index (χ4v) is 2.94. The number of rotatable bonds is 2. The van der Waals surface area contributed by atoms with Gasteiger partial charge in [-0.25, -0.2) is 0 Å². The van der Waals surface area contributed by atoms with Crippen LogP contribution in [0.4, 0.5) is 5.69 Å². The summed E-state index contributed by atoms with van der Waals surface area (Å²) in [5.74, 6) is -0.752. The lowest BCUT2D eigenvalue weighted by Crippen LogP contribution is -2.54. The number of anilines is 1. The molecule has 122 valence electrons. The molecule has 2 amide bonds. The molecule has 1 fully saturated rings. The standard InChI is InChI=1S/C16H10BrClN2O3S/c1-8-2-3-9(6-12(8)18)20-15(22)11(14(21)19-16(20)24)7-10-4-5-13(17)23-10/h2-7H,1H3,(H,19,21,24). The molecule has 2 aromatic rings. The predicted octanol–water partition coefficient (Wildman–Crippen LogP) is 3.84. The summed E-state index contributed by atoms with van der Waals surface area (Å²) < 4.78 is 5.82. The number of carbonyl (C=O) groups excluding carboxylic acids is 2. The summed E-state index contributed by atoms with van der Waals surface area (Å²) in [4.78, 5) is 26.1. The van der Waals surface area contributed by atoms with E-state index in [1.807, 2.05) is 6.92 Å². The molecule has 2 heterocycles. The first-order valence-electron chi connectivity index (χ1n) is 6.80. The minimum Gasteiger partial charge on any atom is -0.450 e. The van der Waals surface area contributed by atoms with Gasteiger partial charge in [-0.15, -0.1) is 0 Å². The van der Waals surface area contributed by atoms with Crippen LogP contribution >= 0.6 is 39.7 Å². The maximum absolute atomic E-state index is 12.8. The second-order valence-corrected chi connectivity index (χ2v) is 6.61. The first-order chi connectivity index (χ1) is 11.4. The Hall–Kier alpha value is -1.96. The van der Waals surface area contributed by atoms with Crippen molar-refractivity contribution in [3.05, 3.63) is 56.9 Å². The Kier molecular flexibility index (Phi) is 4.58. The number of nitrogens with one attached hydrogen (secondary N) is 1. The van der Waals surface area contributed by atoms with Crippen molar-refractivity contribution < 1.29 is 14.0 Å². The highest BCUT2D eigenvalue weighted by molar-refractivity contribution is 9.10. The van der Waals surface area contributed by atoms with Gasteiger partial charge in [0, 0.05) is 5.02 Å². The highest BCUT2D eigenvalue weighted by Crippen LogP contribution is 2.27. The number of benzene rings is 1. The van der Waals surface area contributed by atoms with E-state index in [2.05, 4.69) is 21.2 Å². The van der Waals surface area contributed by atoms with Gasteiger partial charge in [-0.05, 0) is 71.0 Å². The fraction of sp³-hybridized carbons (Fsp3) is 0.0625. The second kappa shape index (κ2) is 6.51. The van der Waals surface area contributed by atoms with Gasteiger partial charge in [0.05, 0.1) is 5.69 Å². The van der Waals surface area contributed by atoms with E-state index in [1.165, 1.54) is 11.0 Å². The molecule has 1 aliphatic rings. The monoisotopic (exact) mass is 424 g/mol. The maximum atomic E-state index is 12.8. The second-order valence-electron chi connectivity index (χ2n) is 5.03. The summed E-state index contributed by atoms with van der Waals surface area (Å²) in [6, 6.07) is 8.41. The number of hydrogen-bond acceptors (Lipinski definition) is 4. The Morgan fingerprint density at radius 1 is 1.29 bits per heavy atom. The number of carbonyl (C=O) groups is 2. The van der Waals surface area contributed by atoms with Gasteiger partial charge in [0.1, 0.15) is 11.3 Å². The van der Waals surface area contributed by atoms with Crippen LogP contribution in [0, 0.1) is 6.92 Å². The minimum absolute atomic E-state index is 0.00250. The van der Waals surface area contributed by atoms with E-state index in [0.717, 1.165) is 5.56 Å². The van der Waals surface area contributed by atoms with Crippen LogP contribution in [0.15, 0.2) is 45.0 Å². The third kappa shape index (κ3) is 3.15. The summed E-state index contributed by atoms with van der Waals surface area (Å²) in [5, 5.41) is 3.01. The van der Waals surface area contributed by atoms with Crippen molar-refractivity contribution in [3.8, 4) is 0 Å². The van der Waals surface area contributed by atoms with Gasteiger partial charge in [0.2, 0.25) is 0 Å². The Balaban J connectivity index is 2.02. The normalized spacial score (nSPS) is 16.7. The number of halogens is 2. The van der Waals surface area contributed by atoms with Crippen LogP contribution in [0.5, 0.6) is 0 Å². The molecular weight excluding hydrogens is 416 g/mol. The van der Waals surface area contributed by atoms with Gasteiger partial charge in [-0.2, -0.15) is 0 Å². The molecule has 1 aliphatic heterocycles. The van der Waals surface area contributed by atoms with E-state index in [1.54, 1.807) is 30.3 Å². The molecule has 1 N–H and O–H groups in total. The Bertz CT molecular complexity index is 906. The SMILES string of the molecule is Cc1ccc(N2C(=O)C(=Cc3ccc(Br)o3)C(=O)NC2=S)cc1Cl. The predicted molar refractivity (Wildman–Crippen MR) is 98.8 cm³/mol. The molecule has 5 nitrogen and oxygen atoms in total. The zero-order chi connectivity index (χ0) is 17.4. The van der Waals surface area contributed by atoms with Crippen LogP contribution in [0.1, 0.15) is 11.3 Å². The van der Waals surface area contributed by atoms with E-state index in [9.17, 15) is 9.59 Å². The van der Waals surface area contributed by atoms with Gasteiger partial charge in [-0.3, -0.25) is 19.8 Å². The average Bonchev–Trinajstić information content (AvgIpc) is 2.92. The topological polar surface area (TPSA) is 62.6 Å². The Morgan fingerprint density at radius 3 is 2.67 bits per heavy atom. The molecule has 0 unspecified atom stereocenters. The van der Waals surface area contributed by atoms with E-state index in [0.29, 0.717) is 21.1 Å². The molecule has 0 saturated carbocycles. The van der Waals surface area contributed by atoms with Crippen molar-refractivity contribution in [3.63, 3.8) is 0 Å². The highest BCUT2D eigenvalue weighted by atomic mass is 79.9. The number of furan rings is 1. The lowest BCUT2D eigenvalue weighted by atomic mass is 10.1. The zero-order valence-electron chi connectivity index (χ0n) is 12.3. The van der Waals surface area contributed by atoms with Crippen molar-refractivity contribution in [2.24, 2.45) is 0 Å². The maximum Gasteiger partial charge on any atom is 0.270 e. The van der Waals surface area contributed by atoms with Gasteiger partial charge in [-0.1, -0.05) is 17.7 Å². The summed E-state index contributed by atoms with van der Waals surface area (Å²) in [7, 11) is 0. The summed E-state index contributed by atoms with van der Waals surface area (Å²) in [6.45, 7) is 1.85. The highest BCUT2D eigenvalue weighted by Gasteiger charge is 2.34. The first kappa shape index (κ1) is 16.9. The van der Waals surface area contributed by atoms with Gasteiger partial charge >= 0.3 is 0 Å². The molecule has 1 saturated heterocycles. The van der Waals surface area contributed by atoms with Crippen LogP contribution in [0.25, 0.3) is 6.08 Å². The molecule has 24 heavy (non-hydrogen) atoms. The molecule has 0 aliphatic carbocycles. The van der Waals surface area contributed by atoms with Crippen LogP contribution in [0.2, 0.25) is 5.02 Å². The minimum atomic E-state index is -0.577. The molecular formula is C16H10BrClN2O3S. The Morgan fingerprint density at radius 2 is 2.04 bits per heavy atom. The largest absolute Gasteiger partial charge is 0.450 e. The summed E-state index contributed by atoms with van der Waals surface area (Å²) in [5.41, 5.74) is 1.27. The fourth-order valence-electron chi connectivity index (χ4n) is 2.16. The van der Waals surface area contributed by atoms with Gasteiger partial charge in [0.15, 0.2) is 9.78 Å². The number of amides is 2. The van der Waals surface area contributed by atoms with E-state index in [-0.39, 0.29) is 10.7 Å². The zero-order valence-corrected chi connectivity index (χ0v) is 15.5. The number of aryl methyl sites for hydroxylation is 1. The third-order valence-electron chi connectivity index (χ3n) is 3.40. The Labute approximate surface area is 156 Å². The van der Waals surface area contributed by atoms with E-state index >= 15 is 0 Å². The van der Waals surface area contributed by atoms with Gasteiger partial charge < -0.3 is 4.42 Å². The van der Waals surface area contributed by atoms with Crippen LogP contribution in [-0.4, -0.2) is 16.9 Å². The van der Waals surface area contributed by atoms with Gasteiger partial charge in [0.25, 0.3) is 11.8 Å². The third-order valence-corrected chi connectivity index (χ3v) is 4.51. The van der Waals surface area contributed by atoms with Crippen molar-refractivity contribution >= 4 is 68.4 Å². The lowest BCUT2D eigenvalue weighted by molar-refractivity contribution is -0.122. The van der Waals surface area contributed by atoms with Crippen LogP contribution in [-0.2, 0) is 9.59 Å². The van der Waals surface area contributed by atoms with Crippen molar-refractivity contribution in [1.29, 1.82) is 0 Å². The molecule has 3 rings (SSSR count).